The summed E-state index contributed by atoms with van der Waals surface area (Å²) in [5, 5.41) is 17.7. The Hall–Kier alpha value is -3.60. The number of hydrogen-bond donors (Lipinski definition) is 3. The highest BCUT2D eigenvalue weighted by molar-refractivity contribution is 5.99. The Labute approximate surface area is 223 Å². The zero-order valence-corrected chi connectivity index (χ0v) is 22.7. The number of benzene rings is 1. The first-order chi connectivity index (χ1) is 18.2. The molecular formula is C27H40N6O5. The van der Waals surface area contributed by atoms with Gasteiger partial charge in [0.25, 0.3) is 11.8 Å². The minimum Gasteiger partial charge on any atom is -0.289 e. The summed E-state index contributed by atoms with van der Waals surface area (Å²) in [6, 6.07) is 9.77. The third-order valence-electron chi connectivity index (χ3n) is 6.61. The number of nitrogens with one attached hydrogen (secondary N) is 2. The minimum absolute atomic E-state index is 0.0305. The number of hydrogen-bond acceptors (Lipinski definition) is 7. The van der Waals surface area contributed by atoms with E-state index in [1.54, 1.807) is 5.48 Å². The van der Waals surface area contributed by atoms with E-state index in [-0.39, 0.29) is 12.5 Å². The molecule has 38 heavy (non-hydrogen) atoms. The number of aromatic nitrogens is 3. The fourth-order valence-corrected chi connectivity index (χ4v) is 4.51. The molecule has 0 saturated carbocycles. The fourth-order valence-electron chi connectivity index (χ4n) is 4.51. The SMILES string of the molecule is CCC(CC)C(=O)N(NC(=O)[C@H](CC(C)C)[C@H](CCCc1ccccc1)C(=O)NO)C(=O)Cn1ccnn1. The van der Waals surface area contributed by atoms with E-state index in [4.69, 9.17) is 0 Å². The van der Waals surface area contributed by atoms with Crippen molar-refractivity contribution in [3.8, 4) is 0 Å². The van der Waals surface area contributed by atoms with Crippen LogP contribution in [0, 0.1) is 23.7 Å². The van der Waals surface area contributed by atoms with Crippen LogP contribution in [-0.4, -0.2) is 48.8 Å². The predicted molar refractivity (Wildman–Crippen MR) is 140 cm³/mol. The molecule has 1 aromatic heterocycles. The Morgan fingerprint density at radius 2 is 1.71 bits per heavy atom. The summed E-state index contributed by atoms with van der Waals surface area (Å²) in [7, 11) is 0. The van der Waals surface area contributed by atoms with E-state index >= 15 is 0 Å². The summed E-state index contributed by atoms with van der Waals surface area (Å²) in [5.41, 5.74) is 5.32. The van der Waals surface area contributed by atoms with E-state index in [9.17, 15) is 24.4 Å². The van der Waals surface area contributed by atoms with E-state index in [1.165, 1.54) is 17.1 Å². The first-order valence-electron chi connectivity index (χ1n) is 13.2. The molecule has 3 N–H and O–H groups in total. The van der Waals surface area contributed by atoms with Crippen LogP contribution in [0.5, 0.6) is 0 Å². The lowest BCUT2D eigenvalue weighted by atomic mass is 9.81. The van der Waals surface area contributed by atoms with Crippen LogP contribution in [0.1, 0.15) is 65.4 Å². The average Bonchev–Trinajstić information content (AvgIpc) is 3.42. The number of hydroxylamine groups is 1. The highest BCUT2D eigenvalue weighted by atomic mass is 16.5. The molecule has 0 fully saturated rings. The van der Waals surface area contributed by atoms with Gasteiger partial charge in [0, 0.05) is 12.1 Å². The molecule has 11 heteroatoms. The molecule has 0 aliphatic carbocycles. The van der Waals surface area contributed by atoms with Crippen LogP contribution in [-0.2, 0) is 32.1 Å². The second-order valence-corrected chi connectivity index (χ2v) is 9.85. The highest BCUT2D eigenvalue weighted by Crippen LogP contribution is 2.27. The second-order valence-electron chi connectivity index (χ2n) is 9.85. The lowest BCUT2D eigenvalue weighted by Gasteiger charge is -2.30. The monoisotopic (exact) mass is 528 g/mol. The summed E-state index contributed by atoms with van der Waals surface area (Å²) >= 11 is 0. The molecule has 2 aromatic rings. The quantitative estimate of drug-likeness (QED) is 0.252. The Kier molecular flexibility index (Phi) is 12.6. The smallest absolute Gasteiger partial charge is 0.269 e. The molecule has 208 valence electrons. The van der Waals surface area contributed by atoms with Gasteiger partial charge in [-0.25, -0.2) is 10.2 Å². The molecule has 0 aliphatic heterocycles. The lowest BCUT2D eigenvalue weighted by molar-refractivity contribution is -0.158. The third-order valence-corrected chi connectivity index (χ3v) is 6.61. The molecule has 0 aliphatic rings. The number of amides is 4. The van der Waals surface area contributed by atoms with Crippen molar-refractivity contribution in [2.45, 2.75) is 72.8 Å². The Morgan fingerprint density at radius 1 is 1.03 bits per heavy atom. The zero-order valence-electron chi connectivity index (χ0n) is 22.7. The maximum Gasteiger partial charge on any atom is 0.269 e. The van der Waals surface area contributed by atoms with Gasteiger partial charge in [0.15, 0.2) is 0 Å². The molecule has 2 rings (SSSR count). The first-order valence-corrected chi connectivity index (χ1v) is 13.2. The maximum atomic E-state index is 13.6. The number of aryl methyl sites for hydroxylation is 1. The van der Waals surface area contributed by atoms with Gasteiger partial charge in [-0.15, -0.1) is 5.10 Å². The average molecular weight is 529 g/mol. The van der Waals surface area contributed by atoms with E-state index in [1.807, 2.05) is 58.0 Å². The van der Waals surface area contributed by atoms with Crippen molar-refractivity contribution in [1.29, 1.82) is 0 Å². The number of rotatable bonds is 14. The van der Waals surface area contributed by atoms with Crippen LogP contribution in [0.2, 0.25) is 0 Å². The summed E-state index contributed by atoms with van der Waals surface area (Å²) in [4.78, 5) is 52.8. The Bertz CT molecular complexity index is 1020. The number of carbonyl (C=O) groups is 4. The van der Waals surface area contributed by atoms with Crippen LogP contribution in [0.3, 0.4) is 0 Å². The highest BCUT2D eigenvalue weighted by Gasteiger charge is 2.37. The van der Waals surface area contributed by atoms with Gasteiger partial charge >= 0.3 is 0 Å². The molecule has 1 aromatic carbocycles. The largest absolute Gasteiger partial charge is 0.289 e. The van der Waals surface area contributed by atoms with Crippen LogP contribution in [0.4, 0.5) is 0 Å². The van der Waals surface area contributed by atoms with Crippen molar-refractivity contribution >= 4 is 23.6 Å². The third kappa shape index (κ3) is 9.05. The standard InChI is InChI=1S/C27H40N6O5/c1-5-21(6-2)27(37)33(24(34)18-32-16-15-28-31-32)29-25(35)23(17-19(3)4)22(26(36)30-38)14-10-13-20-11-8-7-9-12-20/h7-9,11-12,15-16,19,21-23,38H,5-6,10,13-14,17-18H2,1-4H3,(H,29,35)(H,30,36)/t22-,23+/m0/s1. The molecular weight excluding hydrogens is 488 g/mol. The summed E-state index contributed by atoms with van der Waals surface area (Å²) in [6.07, 6.45) is 5.82. The number of hydrazine groups is 1. The molecule has 0 saturated heterocycles. The van der Waals surface area contributed by atoms with Crippen molar-refractivity contribution in [2.75, 3.05) is 0 Å². The van der Waals surface area contributed by atoms with Crippen molar-refractivity contribution in [3.63, 3.8) is 0 Å². The van der Waals surface area contributed by atoms with Crippen molar-refractivity contribution < 1.29 is 24.4 Å². The van der Waals surface area contributed by atoms with Gasteiger partial charge in [-0.1, -0.05) is 63.2 Å². The number of carbonyl (C=O) groups excluding carboxylic acids is 4. The number of nitrogens with zero attached hydrogens (tertiary/aromatic N) is 4. The van der Waals surface area contributed by atoms with Gasteiger partial charge < -0.3 is 0 Å². The maximum absolute atomic E-state index is 13.6. The van der Waals surface area contributed by atoms with Crippen LogP contribution < -0.4 is 10.9 Å². The molecule has 0 unspecified atom stereocenters. The van der Waals surface area contributed by atoms with Gasteiger partial charge in [-0.3, -0.25) is 29.8 Å². The molecule has 11 nitrogen and oxygen atoms in total. The topological polar surface area (TPSA) is 147 Å². The van der Waals surface area contributed by atoms with Gasteiger partial charge in [0.05, 0.1) is 18.0 Å². The van der Waals surface area contributed by atoms with Crippen LogP contribution in [0.25, 0.3) is 0 Å². The Morgan fingerprint density at radius 3 is 2.26 bits per heavy atom. The first kappa shape index (κ1) is 30.6. The van der Waals surface area contributed by atoms with E-state index in [2.05, 4.69) is 15.7 Å². The second kappa shape index (κ2) is 15.6. The fraction of sp³-hybridized carbons (Fsp3) is 0.556. The Balaban J connectivity index is 2.29. The molecule has 4 amide bonds. The van der Waals surface area contributed by atoms with E-state index < -0.39 is 41.4 Å². The zero-order chi connectivity index (χ0) is 28.1. The van der Waals surface area contributed by atoms with Crippen molar-refractivity contribution in [2.24, 2.45) is 23.7 Å². The molecule has 2 atom stereocenters. The summed E-state index contributed by atoms with van der Waals surface area (Å²) < 4.78 is 1.26. The van der Waals surface area contributed by atoms with Gasteiger partial charge in [-0.2, -0.15) is 5.01 Å². The predicted octanol–water partition coefficient (Wildman–Crippen LogP) is 2.91. The van der Waals surface area contributed by atoms with Gasteiger partial charge in [-0.05, 0) is 50.0 Å². The number of imide groups is 1. The van der Waals surface area contributed by atoms with E-state index in [0.29, 0.717) is 38.5 Å². The summed E-state index contributed by atoms with van der Waals surface area (Å²) in [5.74, 6) is -4.68. The van der Waals surface area contributed by atoms with Gasteiger partial charge in [0.2, 0.25) is 11.8 Å². The minimum atomic E-state index is -0.880. The van der Waals surface area contributed by atoms with Crippen molar-refractivity contribution in [3.05, 3.63) is 48.3 Å². The summed E-state index contributed by atoms with van der Waals surface area (Å²) in [6.45, 7) is 7.22. The van der Waals surface area contributed by atoms with E-state index in [0.717, 1.165) is 10.6 Å². The van der Waals surface area contributed by atoms with Crippen LogP contribution in [0.15, 0.2) is 42.7 Å². The van der Waals surface area contributed by atoms with Crippen LogP contribution >= 0.6 is 0 Å². The molecule has 0 radical (unpaired) electrons. The lowest BCUT2D eigenvalue weighted by Crippen LogP contribution is -2.55. The normalized spacial score (nSPS) is 12.7. The van der Waals surface area contributed by atoms with Gasteiger partial charge in [0.1, 0.15) is 6.54 Å². The molecule has 0 bridgehead atoms. The van der Waals surface area contributed by atoms with Crippen molar-refractivity contribution in [1.82, 2.24) is 30.9 Å². The molecule has 0 spiro atoms. The molecule has 1 heterocycles.